The van der Waals surface area contributed by atoms with E-state index in [1.165, 1.54) is 35.6 Å². The second-order valence-corrected chi connectivity index (χ2v) is 6.10. The summed E-state index contributed by atoms with van der Waals surface area (Å²) >= 11 is 1.31. The molecule has 130 valence electrons. The number of nitrogens with one attached hydrogen (secondary N) is 2. The molecule has 1 amide bonds. The molecule has 0 radical (unpaired) electrons. The Hall–Kier alpha value is -2.29. The van der Waals surface area contributed by atoms with E-state index >= 15 is 0 Å². The number of anilines is 2. The molecule has 0 saturated carbocycles. The summed E-state index contributed by atoms with van der Waals surface area (Å²) in [5, 5.41) is 8.04. The number of amides is 1. The lowest BCUT2D eigenvalue weighted by Gasteiger charge is -2.09. The minimum atomic E-state index is -4.71. The third-order valence-corrected chi connectivity index (χ3v) is 3.49. The summed E-state index contributed by atoms with van der Waals surface area (Å²) in [6.07, 6.45) is -4.54. The van der Waals surface area contributed by atoms with Gasteiger partial charge in [-0.2, -0.15) is 0 Å². The number of carbonyl (C=O) groups is 1. The minimum absolute atomic E-state index is 0.0613. The third kappa shape index (κ3) is 6.07. The molecule has 0 aliphatic carbocycles. The van der Waals surface area contributed by atoms with Crippen molar-refractivity contribution >= 4 is 28.1 Å². The molecule has 5 nitrogen and oxygen atoms in total. The molecule has 2 N–H and O–H groups in total. The van der Waals surface area contributed by atoms with Gasteiger partial charge >= 0.3 is 6.36 Å². The Kier molecular flexibility index (Phi) is 5.66. The molecule has 0 unspecified atom stereocenters. The van der Waals surface area contributed by atoms with Crippen LogP contribution in [0, 0.1) is 0 Å². The van der Waals surface area contributed by atoms with Crippen LogP contribution in [-0.4, -0.2) is 23.3 Å². The Bertz CT molecular complexity index is 684. The fraction of sp³-hybridized carbons (Fsp3) is 0.333. The summed E-state index contributed by atoms with van der Waals surface area (Å²) in [6.45, 7) is 3.75. The van der Waals surface area contributed by atoms with Crippen molar-refractivity contribution in [3.8, 4) is 5.75 Å². The summed E-state index contributed by atoms with van der Waals surface area (Å²) in [5.41, 5.74) is 1.19. The highest BCUT2D eigenvalue weighted by atomic mass is 32.1. The van der Waals surface area contributed by atoms with Gasteiger partial charge in [0.05, 0.1) is 12.1 Å². The van der Waals surface area contributed by atoms with E-state index < -0.39 is 6.36 Å². The Balaban J connectivity index is 1.93. The number of alkyl halides is 3. The molecule has 0 saturated heterocycles. The summed E-state index contributed by atoms with van der Waals surface area (Å²) < 4.78 is 40.1. The lowest BCUT2D eigenvalue weighted by molar-refractivity contribution is -0.274. The first-order valence-corrected chi connectivity index (χ1v) is 7.96. The Morgan fingerprint density at radius 3 is 2.54 bits per heavy atom. The van der Waals surface area contributed by atoms with Crippen LogP contribution in [0.15, 0.2) is 29.6 Å². The highest BCUT2D eigenvalue weighted by Gasteiger charge is 2.30. The van der Waals surface area contributed by atoms with Gasteiger partial charge in [0.15, 0.2) is 5.13 Å². The van der Waals surface area contributed by atoms with Gasteiger partial charge < -0.3 is 15.4 Å². The number of rotatable bonds is 6. The molecule has 24 heavy (non-hydrogen) atoms. The molecule has 1 heterocycles. The molecular formula is C15H16F3N3O2S. The quantitative estimate of drug-likeness (QED) is 0.822. The molecule has 0 spiro atoms. The number of hydrogen-bond donors (Lipinski definition) is 2. The second-order valence-electron chi connectivity index (χ2n) is 5.24. The van der Waals surface area contributed by atoms with Gasteiger partial charge in [-0.1, -0.05) is 0 Å². The van der Waals surface area contributed by atoms with Crippen LogP contribution in [0.3, 0.4) is 0 Å². The topological polar surface area (TPSA) is 63.2 Å². The van der Waals surface area contributed by atoms with Gasteiger partial charge in [0.25, 0.3) is 0 Å². The van der Waals surface area contributed by atoms with E-state index in [0.29, 0.717) is 16.5 Å². The maximum Gasteiger partial charge on any atom is 0.573 e. The Labute approximate surface area is 140 Å². The van der Waals surface area contributed by atoms with Crippen LogP contribution in [-0.2, 0) is 11.2 Å². The lowest BCUT2D eigenvalue weighted by atomic mass is 10.3. The van der Waals surface area contributed by atoms with Gasteiger partial charge in [-0.05, 0) is 38.1 Å². The van der Waals surface area contributed by atoms with E-state index in [1.807, 2.05) is 13.8 Å². The van der Waals surface area contributed by atoms with Gasteiger partial charge in [0.1, 0.15) is 5.75 Å². The number of nitrogens with zero attached hydrogens (tertiary/aromatic N) is 1. The summed E-state index contributed by atoms with van der Waals surface area (Å²) in [6, 6.07) is 5.38. The molecule has 9 heteroatoms. The van der Waals surface area contributed by atoms with Crippen LogP contribution in [0.1, 0.15) is 19.5 Å². The van der Waals surface area contributed by atoms with Crippen molar-refractivity contribution in [3.05, 3.63) is 35.3 Å². The number of carbonyl (C=O) groups excluding carboxylic acids is 1. The van der Waals surface area contributed by atoms with Gasteiger partial charge in [-0.15, -0.1) is 24.5 Å². The molecule has 0 aliphatic rings. The normalized spacial score (nSPS) is 11.4. The number of halogens is 3. The van der Waals surface area contributed by atoms with Crippen molar-refractivity contribution in [2.45, 2.75) is 32.7 Å². The van der Waals surface area contributed by atoms with Crippen molar-refractivity contribution < 1.29 is 22.7 Å². The van der Waals surface area contributed by atoms with Crippen LogP contribution in [0.2, 0.25) is 0 Å². The molecule has 0 aliphatic heterocycles. The molecule has 1 aromatic heterocycles. The van der Waals surface area contributed by atoms with Crippen molar-refractivity contribution in [1.82, 2.24) is 10.3 Å². The molecule has 2 rings (SSSR count). The van der Waals surface area contributed by atoms with Crippen LogP contribution in [0.5, 0.6) is 5.75 Å². The fourth-order valence-electron chi connectivity index (χ4n) is 1.85. The first-order valence-electron chi connectivity index (χ1n) is 7.08. The smallest absolute Gasteiger partial charge is 0.406 e. The van der Waals surface area contributed by atoms with E-state index in [-0.39, 0.29) is 24.1 Å². The highest BCUT2D eigenvalue weighted by Crippen LogP contribution is 2.26. The van der Waals surface area contributed by atoms with Crippen molar-refractivity contribution in [2.75, 3.05) is 5.32 Å². The Morgan fingerprint density at radius 1 is 1.29 bits per heavy atom. The maximum atomic E-state index is 12.1. The summed E-state index contributed by atoms with van der Waals surface area (Å²) in [4.78, 5) is 15.9. The molecule has 1 aromatic carbocycles. The van der Waals surface area contributed by atoms with Crippen LogP contribution >= 0.6 is 11.3 Å². The minimum Gasteiger partial charge on any atom is -0.406 e. The van der Waals surface area contributed by atoms with E-state index in [4.69, 9.17) is 0 Å². The second kappa shape index (κ2) is 7.52. The zero-order chi connectivity index (χ0) is 17.7. The first kappa shape index (κ1) is 18.1. The molecule has 0 atom stereocenters. The molecule has 2 aromatic rings. The van der Waals surface area contributed by atoms with E-state index in [2.05, 4.69) is 20.4 Å². The monoisotopic (exact) mass is 359 g/mol. The predicted molar refractivity (Wildman–Crippen MR) is 85.5 cm³/mol. The number of benzene rings is 1. The third-order valence-electron chi connectivity index (χ3n) is 2.68. The van der Waals surface area contributed by atoms with E-state index in [9.17, 15) is 18.0 Å². The van der Waals surface area contributed by atoms with Gasteiger partial charge in [0.2, 0.25) is 5.91 Å². The van der Waals surface area contributed by atoms with Crippen molar-refractivity contribution in [3.63, 3.8) is 0 Å². The van der Waals surface area contributed by atoms with E-state index in [0.717, 1.165) is 0 Å². The van der Waals surface area contributed by atoms with Gasteiger partial charge in [-0.3, -0.25) is 4.79 Å². The van der Waals surface area contributed by atoms with Gasteiger partial charge in [0, 0.05) is 17.1 Å². The van der Waals surface area contributed by atoms with Crippen molar-refractivity contribution in [1.29, 1.82) is 0 Å². The zero-order valence-corrected chi connectivity index (χ0v) is 13.8. The van der Waals surface area contributed by atoms with Crippen LogP contribution < -0.4 is 15.4 Å². The first-order chi connectivity index (χ1) is 11.2. The summed E-state index contributed by atoms with van der Waals surface area (Å²) in [5.74, 6) is -0.409. The van der Waals surface area contributed by atoms with Crippen molar-refractivity contribution in [2.24, 2.45) is 0 Å². The fourth-order valence-corrected chi connectivity index (χ4v) is 2.58. The van der Waals surface area contributed by atoms with Crippen LogP contribution in [0.4, 0.5) is 24.0 Å². The number of aromatic nitrogens is 1. The number of thiazole rings is 1. The molecule has 0 bridgehead atoms. The SMILES string of the molecule is CC(C)NC(=O)Cc1csc(Nc2ccc(OC(F)(F)F)cc2)n1. The average molecular weight is 359 g/mol. The lowest BCUT2D eigenvalue weighted by Crippen LogP contribution is -2.31. The molecular weight excluding hydrogens is 343 g/mol. The maximum absolute atomic E-state index is 12.1. The number of ether oxygens (including phenoxy) is 1. The summed E-state index contributed by atoms with van der Waals surface area (Å²) in [7, 11) is 0. The number of hydrogen-bond acceptors (Lipinski definition) is 5. The standard InChI is InChI=1S/C15H16F3N3O2S/c1-9(2)19-13(22)7-11-8-24-14(21-11)20-10-3-5-12(6-4-10)23-15(16,17)18/h3-6,8-9H,7H2,1-2H3,(H,19,22)(H,20,21). The molecule has 0 fully saturated rings. The zero-order valence-electron chi connectivity index (χ0n) is 13.0. The largest absolute Gasteiger partial charge is 0.573 e. The van der Waals surface area contributed by atoms with Crippen LogP contribution in [0.25, 0.3) is 0 Å². The Morgan fingerprint density at radius 2 is 1.96 bits per heavy atom. The predicted octanol–water partition coefficient (Wildman–Crippen LogP) is 3.85. The van der Waals surface area contributed by atoms with E-state index in [1.54, 1.807) is 5.38 Å². The van der Waals surface area contributed by atoms with Gasteiger partial charge in [-0.25, -0.2) is 4.98 Å². The highest BCUT2D eigenvalue weighted by molar-refractivity contribution is 7.13. The average Bonchev–Trinajstić information content (AvgIpc) is 2.85.